The van der Waals surface area contributed by atoms with Gasteiger partial charge in [0.2, 0.25) is 0 Å². The molecule has 19 heavy (non-hydrogen) atoms. The van der Waals surface area contributed by atoms with Crippen molar-refractivity contribution < 1.29 is 4.39 Å². The molecule has 0 aliphatic heterocycles. The van der Waals surface area contributed by atoms with Crippen LogP contribution in [0.25, 0.3) is 0 Å². The molecule has 106 valence electrons. The molecule has 3 unspecified atom stereocenters. The highest BCUT2D eigenvalue weighted by molar-refractivity contribution is 5.46. The summed E-state index contributed by atoms with van der Waals surface area (Å²) in [6.45, 7) is 8.72. The molecule has 1 aromatic carbocycles. The molecule has 1 fully saturated rings. The lowest BCUT2D eigenvalue weighted by atomic mass is 9.74. The molecule has 0 amide bonds. The van der Waals surface area contributed by atoms with Gasteiger partial charge in [0.25, 0.3) is 0 Å². The minimum Gasteiger partial charge on any atom is -0.382 e. The maximum Gasteiger partial charge on any atom is 0.128 e. The molecule has 2 rings (SSSR count). The van der Waals surface area contributed by atoms with Crippen molar-refractivity contribution in [2.24, 2.45) is 17.8 Å². The van der Waals surface area contributed by atoms with Gasteiger partial charge < -0.3 is 5.32 Å². The van der Waals surface area contributed by atoms with Crippen molar-refractivity contribution in [3.05, 3.63) is 29.6 Å². The Morgan fingerprint density at radius 2 is 2.00 bits per heavy atom. The van der Waals surface area contributed by atoms with Gasteiger partial charge in [-0.1, -0.05) is 33.3 Å². The Morgan fingerprint density at radius 3 is 2.63 bits per heavy atom. The van der Waals surface area contributed by atoms with Gasteiger partial charge in [0.1, 0.15) is 5.82 Å². The van der Waals surface area contributed by atoms with Crippen LogP contribution < -0.4 is 5.32 Å². The van der Waals surface area contributed by atoms with Gasteiger partial charge in [-0.25, -0.2) is 4.39 Å². The summed E-state index contributed by atoms with van der Waals surface area (Å²) < 4.78 is 13.6. The number of rotatable bonds is 3. The molecule has 2 heteroatoms. The van der Waals surface area contributed by atoms with E-state index in [1.165, 1.54) is 19.3 Å². The van der Waals surface area contributed by atoms with Crippen LogP contribution in [-0.2, 0) is 0 Å². The van der Waals surface area contributed by atoms with Crippen molar-refractivity contribution in [2.75, 3.05) is 5.32 Å². The van der Waals surface area contributed by atoms with E-state index in [1.54, 1.807) is 13.0 Å². The summed E-state index contributed by atoms with van der Waals surface area (Å²) in [7, 11) is 0. The molecule has 1 N–H and O–H groups in total. The number of benzene rings is 1. The number of hydrogen-bond donors (Lipinski definition) is 1. The van der Waals surface area contributed by atoms with Crippen LogP contribution in [0.5, 0.6) is 0 Å². The molecule has 1 nitrogen and oxygen atoms in total. The van der Waals surface area contributed by atoms with E-state index in [0.29, 0.717) is 23.4 Å². The van der Waals surface area contributed by atoms with Gasteiger partial charge in [0.15, 0.2) is 0 Å². The highest BCUT2D eigenvalue weighted by Crippen LogP contribution is 2.35. The zero-order valence-electron chi connectivity index (χ0n) is 12.5. The molecule has 1 aliphatic carbocycles. The average molecular weight is 263 g/mol. The summed E-state index contributed by atoms with van der Waals surface area (Å²) >= 11 is 0. The minimum absolute atomic E-state index is 0.116. The normalized spacial score (nSPS) is 27.6. The maximum absolute atomic E-state index is 13.6. The SMILES string of the molecule is Cc1ccc(NC2CC(C)CCC2C(C)C)cc1F. The minimum atomic E-state index is -0.116. The van der Waals surface area contributed by atoms with Crippen molar-refractivity contribution in [3.8, 4) is 0 Å². The van der Waals surface area contributed by atoms with Gasteiger partial charge in [-0.15, -0.1) is 0 Å². The molecule has 1 aromatic rings. The Hall–Kier alpha value is -1.05. The second-order valence-corrected chi connectivity index (χ2v) is 6.54. The molecule has 1 aliphatic rings. The second kappa shape index (κ2) is 5.94. The molecule has 0 radical (unpaired) electrons. The first-order valence-corrected chi connectivity index (χ1v) is 7.50. The molecular weight excluding hydrogens is 237 g/mol. The second-order valence-electron chi connectivity index (χ2n) is 6.54. The van der Waals surface area contributed by atoms with Crippen molar-refractivity contribution in [3.63, 3.8) is 0 Å². The van der Waals surface area contributed by atoms with Crippen molar-refractivity contribution in [2.45, 2.75) is 53.0 Å². The van der Waals surface area contributed by atoms with Crippen LogP contribution in [-0.4, -0.2) is 6.04 Å². The van der Waals surface area contributed by atoms with E-state index >= 15 is 0 Å². The first kappa shape index (κ1) is 14.4. The summed E-state index contributed by atoms with van der Waals surface area (Å²) in [5.41, 5.74) is 1.64. The first-order valence-electron chi connectivity index (χ1n) is 7.50. The molecule has 0 spiro atoms. The standard InChI is InChI=1S/C17H26FN/c1-11(2)15-8-5-12(3)9-17(15)19-14-7-6-13(4)16(18)10-14/h6-7,10-12,15,17,19H,5,8-9H2,1-4H3. The summed E-state index contributed by atoms with van der Waals surface area (Å²) in [5.74, 6) is 2.03. The van der Waals surface area contributed by atoms with Crippen molar-refractivity contribution in [1.29, 1.82) is 0 Å². The number of aryl methyl sites for hydroxylation is 1. The van der Waals surface area contributed by atoms with Gasteiger partial charge in [-0.3, -0.25) is 0 Å². The lowest BCUT2D eigenvalue weighted by Crippen LogP contribution is -2.37. The zero-order chi connectivity index (χ0) is 14.0. The van der Waals surface area contributed by atoms with Crippen LogP contribution >= 0.6 is 0 Å². The molecule has 3 atom stereocenters. The molecule has 0 aromatic heterocycles. The largest absolute Gasteiger partial charge is 0.382 e. The Bertz CT molecular complexity index is 427. The molecular formula is C17H26FN. The molecule has 0 heterocycles. The highest BCUT2D eigenvalue weighted by atomic mass is 19.1. The third-order valence-corrected chi connectivity index (χ3v) is 4.55. The quantitative estimate of drug-likeness (QED) is 0.808. The van der Waals surface area contributed by atoms with E-state index < -0.39 is 0 Å². The highest BCUT2D eigenvalue weighted by Gasteiger charge is 2.30. The number of hydrogen-bond acceptors (Lipinski definition) is 1. The monoisotopic (exact) mass is 263 g/mol. The van der Waals surface area contributed by atoms with Gasteiger partial charge in [-0.2, -0.15) is 0 Å². The van der Waals surface area contributed by atoms with Crippen LogP contribution in [0.4, 0.5) is 10.1 Å². The maximum atomic E-state index is 13.6. The van der Waals surface area contributed by atoms with E-state index in [0.717, 1.165) is 11.6 Å². The van der Waals surface area contributed by atoms with Crippen molar-refractivity contribution >= 4 is 5.69 Å². The summed E-state index contributed by atoms with van der Waals surface area (Å²) in [5, 5.41) is 3.57. The Morgan fingerprint density at radius 1 is 1.26 bits per heavy atom. The fourth-order valence-electron chi connectivity index (χ4n) is 3.26. The topological polar surface area (TPSA) is 12.0 Å². The van der Waals surface area contributed by atoms with E-state index in [4.69, 9.17) is 0 Å². The van der Waals surface area contributed by atoms with Gasteiger partial charge in [-0.05, 0) is 55.2 Å². The fraction of sp³-hybridized carbons (Fsp3) is 0.647. The Kier molecular flexibility index (Phi) is 4.49. The van der Waals surface area contributed by atoms with Crippen LogP contribution in [0.15, 0.2) is 18.2 Å². The van der Waals surface area contributed by atoms with E-state index in [-0.39, 0.29) is 5.82 Å². The van der Waals surface area contributed by atoms with Crippen molar-refractivity contribution in [1.82, 2.24) is 0 Å². The van der Waals surface area contributed by atoms with E-state index in [1.807, 2.05) is 12.1 Å². The molecule has 1 saturated carbocycles. The Labute approximate surface area is 116 Å². The van der Waals surface area contributed by atoms with Crippen LogP contribution in [0.3, 0.4) is 0 Å². The third-order valence-electron chi connectivity index (χ3n) is 4.55. The summed E-state index contributed by atoms with van der Waals surface area (Å²) in [6, 6.07) is 5.96. The molecule has 0 saturated heterocycles. The predicted molar refractivity (Wildman–Crippen MR) is 79.9 cm³/mol. The zero-order valence-corrected chi connectivity index (χ0v) is 12.5. The summed E-state index contributed by atoms with van der Waals surface area (Å²) in [6.07, 6.45) is 3.80. The summed E-state index contributed by atoms with van der Waals surface area (Å²) in [4.78, 5) is 0. The van der Waals surface area contributed by atoms with Crippen LogP contribution in [0.1, 0.15) is 45.6 Å². The lowest BCUT2D eigenvalue weighted by molar-refractivity contribution is 0.212. The van der Waals surface area contributed by atoms with Gasteiger partial charge in [0.05, 0.1) is 0 Å². The van der Waals surface area contributed by atoms with Gasteiger partial charge in [0, 0.05) is 11.7 Å². The van der Waals surface area contributed by atoms with Gasteiger partial charge >= 0.3 is 0 Å². The van der Waals surface area contributed by atoms with E-state index in [2.05, 4.69) is 26.1 Å². The molecule has 0 bridgehead atoms. The Balaban J connectivity index is 2.11. The number of nitrogens with one attached hydrogen (secondary N) is 1. The smallest absolute Gasteiger partial charge is 0.128 e. The lowest BCUT2D eigenvalue weighted by Gasteiger charge is -2.38. The van der Waals surface area contributed by atoms with Crippen LogP contribution in [0, 0.1) is 30.5 Å². The number of halogens is 1. The average Bonchev–Trinajstić information content (AvgIpc) is 2.33. The fourth-order valence-corrected chi connectivity index (χ4v) is 3.26. The van der Waals surface area contributed by atoms with E-state index in [9.17, 15) is 4.39 Å². The first-order chi connectivity index (χ1) is 8.97. The number of anilines is 1. The van der Waals surface area contributed by atoms with Crippen LogP contribution in [0.2, 0.25) is 0 Å². The third kappa shape index (κ3) is 3.49. The predicted octanol–water partition coefficient (Wildman–Crippen LogP) is 5.01.